The summed E-state index contributed by atoms with van der Waals surface area (Å²) in [5, 5.41) is 3.97. The Bertz CT molecular complexity index is 306. The van der Waals surface area contributed by atoms with Crippen LogP contribution < -0.4 is 5.32 Å². The summed E-state index contributed by atoms with van der Waals surface area (Å²) in [5.74, 6) is 0. The molecule has 1 aromatic rings. The maximum Gasteiger partial charge on any atom is 0.0657 e. The molecule has 1 aromatic carbocycles. The van der Waals surface area contributed by atoms with Crippen LogP contribution >= 0.6 is 34.2 Å². The van der Waals surface area contributed by atoms with Gasteiger partial charge in [-0.15, -0.1) is 0 Å². The molecule has 1 rings (SSSR count). The minimum absolute atomic E-state index is 0.203. The molecule has 0 saturated carbocycles. The first-order chi connectivity index (χ1) is 6.69. The van der Waals surface area contributed by atoms with Gasteiger partial charge in [0.15, 0.2) is 0 Å². The van der Waals surface area contributed by atoms with Crippen LogP contribution in [0.3, 0.4) is 0 Å². The van der Waals surface area contributed by atoms with Gasteiger partial charge in [-0.05, 0) is 47.3 Å². The summed E-state index contributed by atoms with van der Waals surface area (Å²) in [5.41, 5.74) is 1.15. The number of hydrogen-bond donors (Lipinski definition) is 1. The smallest absolute Gasteiger partial charge is 0.0657 e. The van der Waals surface area contributed by atoms with Gasteiger partial charge in [-0.25, -0.2) is 0 Å². The summed E-state index contributed by atoms with van der Waals surface area (Å²) in [4.78, 5) is 0. The molecule has 0 bridgehead atoms. The van der Waals surface area contributed by atoms with Gasteiger partial charge in [-0.1, -0.05) is 17.7 Å². The third-order valence-corrected chi connectivity index (χ3v) is 3.60. The molecule has 0 aliphatic heterocycles. The molecule has 0 heterocycles. The third kappa shape index (κ3) is 3.08. The van der Waals surface area contributed by atoms with E-state index in [2.05, 4.69) is 34.0 Å². The lowest BCUT2D eigenvalue weighted by Gasteiger charge is -2.15. The molecule has 0 aliphatic rings. The summed E-state index contributed by atoms with van der Waals surface area (Å²) in [7, 11) is 3.61. The fourth-order valence-corrected chi connectivity index (χ4v) is 1.77. The van der Waals surface area contributed by atoms with Gasteiger partial charge in [0.05, 0.1) is 17.7 Å². The van der Waals surface area contributed by atoms with Crippen LogP contribution in [0.5, 0.6) is 0 Å². The SMILES string of the molecule is CNC(COC)c1ccc(I)c(Cl)c1. The lowest BCUT2D eigenvalue weighted by Crippen LogP contribution is -2.21. The topological polar surface area (TPSA) is 21.3 Å². The van der Waals surface area contributed by atoms with E-state index in [1.165, 1.54) is 0 Å². The van der Waals surface area contributed by atoms with Gasteiger partial charge in [-0.3, -0.25) is 0 Å². The second-order valence-electron chi connectivity index (χ2n) is 2.97. The number of halogens is 2. The van der Waals surface area contributed by atoms with Crippen molar-refractivity contribution >= 4 is 34.2 Å². The van der Waals surface area contributed by atoms with E-state index >= 15 is 0 Å². The van der Waals surface area contributed by atoms with E-state index in [0.29, 0.717) is 6.61 Å². The monoisotopic (exact) mass is 325 g/mol. The zero-order valence-corrected chi connectivity index (χ0v) is 11.1. The van der Waals surface area contributed by atoms with Gasteiger partial charge in [0.2, 0.25) is 0 Å². The van der Waals surface area contributed by atoms with Gasteiger partial charge in [-0.2, -0.15) is 0 Å². The Balaban J connectivity index is 2.88. The molecule has 1 atom stereocenters. The Morgan fingerprint density at radius 2 is 2.29 bits per heavy atom. The summed E-state index contributed by atoms with van der Waals surface area (Å²) >= 11 is 8.25. The second-order valence-corrected chi connectivity index (χ2v) is 4.54. The van der Waals surface area contributed by atoms with Gasteiger partial charge >= 0.3 is 0 Å². The van der Waals surface area contributed by atoms with E-state index in [4.69, 9.17) is 16.3 Å². The molecular weight excluding hydrogens is 312 g/mol. The van der Waals surface area contributed by atoms with Crippen molar-refractivity contribution in [2.75, 3.05) is 20.8 Å². The van der Waals surface area contributed by atoms with E-state index < -0.39 is 0 Å². The number of nitrogens with one attached hydrogen (secondary N) is 1. The molecule has 14 heavy (non-hydrogen) atoms. The van der Waals surface area contributed by atoms with E-state index in [1.54, 1.807) is 7.11 Å². The van der Waals surface area contributed by atoms with Crippen molar-refractivity contribution in [3.8, 4) is 0 Å². The molecule has 0 radical (unpaired) electrons. The normalized spacial score (nSPS) is 12.9. The van der Waals surface area contributed by atoms with Crippen LogP contribution in [0, 0.1) is 3.57 Å². The zero-order chi connectivity index (χ0) is 10.6. The Hall–Kier alpha value is 0.160. The number of methoxy groups -OCH3 is 1. The maximum atomic E-state index is 6.04. The predicted molar refractivity (Wildman–Crippen MR) is 67.8 cm³/mol. The Morgan fingerprint density at radius 3 is 2.79 bits per heavy atom. The summed E-state index contributed by atoms with van der Waals surface area (Å²) < 4.78 is 6.18. The minimum atomic E-state index is 0.203. The van der Waals surface area contributed by atoms with E-state index in [1.807, 2.05) is 19.2 Å². The highest BCUT2D eigenvalue weighted by Gasteiger charge is 2.09. The number of benzene rings is 1. The summed E-state index contributed by atoms with van der Waals surface area (Å²) in [6.45, 7) is 0.646. The molecular formula is C10H13ClINO. The van der Waals surface area contributed by atoms with Crippen molar-refractivity contribution in [2.45, 2.75) is 6.04 Å². The molecule has 0 aliphatic carbocycles. The highest BCUT2D eigenvalue weighted by atomic mass is 127. The summed E-state index contributed by atoms with van der Waals surface area (Å²) in [6, 6.07) is 6.25. The fraction of sp³-hybridized carbons (Fsp3) is 0.400. The van der Waals surface area contributed by atoms with Crippen molar-refractivity contribution < 1.29 is 4.74 Å². The second kappa shape index (κ2) is 5.90. The first kappa shape index (κ1) is 12.2. The van der Waals surface area contributed by atoms with Crippen LogP contribution in [-0.2, 0) is 4.74 Å². The molecule has 0 aromatic heterocycles. The molecule has 1 N–H and O–H groups in total. The van der Waals surface area contributed by atoms with E-state index in [9.17, 15) is 0 Å². The lowest BCUT2D eigenvalue weighted by molar-refractivity contribution is 0.170. The van der Waals surface area contributed by atoms with Gasteiger partial charge in [0, 0.05) is 10.7 Å². The minimum Gasteiger partial charge on any atom is -0.383 e. The van der Waals surface area contributed by atoms with Crippen LogP contribution in [0.2, 0.25) is 5.02 Å². The highest BCUT2D eigenvalue weighted by Crippen LogP contribution is 2.23. The van der Waals surface area contributed by atoms with Crippen LogP contribution in [0.4, 0.5) is 0 Å². The van der Waals surface area contributed by atoms with Crippen molar-refractivity contribution in [3.63, 3.8) is 0 Å². The Morgan fingerprint density at radius 1 is 1.57 bits per heavy atom. The highest BCUT2D eigenvalue weighted by molar-refractivity contribution is 14.1. The maximum absolute atomic E-state index is 6.04. The first-order valence-corrected chi connectivity index (χ1v) is 5.76. The van der Waals surface area contributed by atoms with Crippen LogP contribution in [0.25, 0.3) is 0 Å². The molecule has 0 amide bonds. The number of likely N-dealkylation sites (N-methyl/N-ethyl adjacent to an activating group) is 1. The molecule has 2 nitrogen and oxygen atoms in total. The fourth-order valence-electron chi connectivity index (χ4n) is 1.24. The average Bonchev–Trinajstić information content (AvgIpc) is 2.19. The number of ether oxygens (including phenoxy) is 1. The molecule has 1 unspecified atom stereocenters. The average molecular weight is 326 g/mol. The van der Waals surface area contributed by atoms with Crippen molar-refractivity contribution in [1.82, 2.24) is 5.32 Å². The van der Waals surface area contributed by atoms with Crippen molar-refractivity contribution in [3.05, 3.63) is 32.4 Å². The standard InChI is InChI=1S/C10H13ClINO/c1-13-10(6-14-2)7-3-4-9(12)8(11)5-7/h3-5,10,13H,6H2,1-2H3. The molecule has 4 heteroatoms. The van der Waals surface area contributed by atoms with Gasteiger partial charge in [0.1, 0.15) is 0 Å². The molecule has 0 fully saturated rings. The van der Waals surface area contributed by atoms with Gasteiger partial charge < -0.3 is 10.1 Å². The van der Waals surface area contributed by atoms with Crippen LogP contribution in [0.1, 0.15) is 11.6 Å². The Kier molecular flexibility index (Phi) is 5.15. The van der Waals surface area contributed by atoms with Gasteiger partial charge in [0.25, 0.3) is 0 Å². The van der Waals surface area contributed by atoms with Crippen molar-refractivity contribution in [2.24, 2.45) is 0 Å². The molecule has 78 valence electrons. The first-order valence-electron chi connectivity index (χ1n) is 4.30. The predicted octanol–water partition coefficient (Wildman–Crippen LogP) is 2.85. The number of hydrogen-bond acceptors (Lipinski definition) is 2. The van der Waals surface area contributed by atoms with E-state index in [-0.39, 0.29) is 6.04 Å². The van der Waals surface area contributed by atoms with Crippen LogP contribution in [0.15, 0.2) is 18.2 Å². The number of rotatable bonds is 4. The molecule has 0 spiro atoms. The lowest BCUT2D eigenvalue weighted by atomic mass is 10.1. The Labute approximate surface area is 103 Å². The third-order valence-electron chi connectivity index (χ3n) is 2.03. The van der Waals surface area contributed by atoms with Crippen molar-refractivity contribution in [1.29, 1.82) is 0 Å². The van der Waals surface area contributed by atoms with E-state index in [0.717, 1.165) is 14.2 Å². The largest absolute Gasteiger partial charge is 0.383 e. The summed E-state index contributed by atoms with van der Waals surface area (Å²) in [6.07, 6.45) is 0. The molecule has 0 saturated heterocycles. The zero-order valence-electron chi connectivity index (χ0n) is 8.18. The quantitative estimate of drug-likeness (QED) is 0.860. The van der Waals surface area contributed by atoms with Crippen LogP contribution in [-0.4, -0.2) is 20.8 Å².